The minimum Gasteiger partial charge on any atom is -0.456 e. The standard InChI is InChI=1S/C15H22N2O5S/c1-15(2,3)22-14(19)12-9-11(17-23(4,20)21)7-5-10(12)6-8-13(16)18/h5,7,9,17H,6,8H2,1-4H3,(H2,16,18). The number of anilines is 1. The summed E-state index contributed by atoms with van der Waals surface area (Å²) in [5, 5.41) is 0. The highest BCUT2D eigenvalue weighted by Crippen LogP contribution is 2.21. The van der Waals surface area contributed by atoms with Gasteiger partial charge in [-0.05, 0) is 44.9 Å². The van der Waals surface area contributed by atoms with E-state index in [2.05, 4.69) is 4.72 Å². The summed E-state index contributed by atoms with van der Waals surface area (Å²) in [6.45, 7) is 5.19. The molecule has 0 saturated carbocycles. The summed E-state index contributed by atoms with van der Waals surface area (Å²) in [6.07, 6.45) is 1.36. The smallest absolute Gasteiger partial charge is 0.339 e. The van der Waals surface area contributed by atoms with Crippen molar-refractivity contribution >= 4 is 27.6 Å². The van der Waals surface area contributed by atoms with E-state index >= 15 is 0 Å². The summed E-state index contributed by atoms with van der Waals surface area (Å²) < 4.78 is 30.3. The third kappa shape index (κ3) is 7.14. The molecule has 0 atom stereocenters. The zero-order valence-electron chi connectivity index (χ0n) is 13.7. The van der Waals surface area contributed by atoms with Gasteiger partial charge in [-0.3, -0.25) is 9.52 Å². The first-order valence-corrected chi connectivity index (χ1v) is 8.89. The average molecular weight is 342 g/mol. The number of nitrogens with one attached hydrogen (secondary N) is 1. The Hall–Kier alpha value is -2.09. The quantitative estimate of drug-likeness (QED) is 0.759. The van der Waals surface area contributed by atoms with Crippen molar-refractivity contribution < 1.29 is 22.7 Å². The van der Waals surface area contributed by atoms with Crippen LogP contribution in [0.5, 0.6) is 0 Å². The lowest BCUT2D eigenvalue weighted by molar-refractivity contribution is -0.118. The highest BCUT2D eigenvalue weighted by molar-refractivity contribution is 7.92. The fourth-order valence-corrected chi connectivity index (χ4v) is 2.41. The number of esters is 1. The molecule has 128 valence electrons. The molecule has 1 aromatic rings. The van der Waals surface area contributed by atoms with Gasteiger partial charge in [-0.15, -0.1) is 0 Å². The number of nitrogens with two attached hydrogens (primary N) is 1. The molecule has 1 amide bonds. The van der Waals surface area contributed by atoms with Crippen molar-refractivity contribution in [2.24, 2.45) is 5.73 Å². The van der Waals surface area contributed by atoms with E-state index in [4.69, 9.17) is 10.5 Å². The Morgan fingerprint density at radius 3 is 2.35 bits per heavy atom. The molecule has 0 fully saturated rings. The molecule has 0 aliphatic rings. The summed E-state index contributed by atoms with van der Waals surface area (Å²) in [7, 11) is -3.47. The fourth-order valence-electron chi connectivity index (χ4n) is 1.85. The number of rotatable bonds is 6. The zero-order valence-corrected chi connectivity index (χ0v) is 14.5. The van der Waals surface area contributed by atoms with E-state index in [0.717, 1.165) is 6.26 Å². The molecular formula is C15H22N2O5S. The highest BCUT2D eigenvalue weighted by Gasteiger charge is 2.21. The second-order valence-corrected chi connectivity index (χ2v) is 7.96. The molecule has 1 aromatic carbocycles. The van der Waals surface area contributed by atoms with Crippen molar-refractivity contribution in [3.8, 4) is 0 Å². The molecule has 0 saturated heterocycles. The number of hydrogen-bond acceptors (Lipinski definition) is 5. The van der Waals surface area contributed by atoms with Crippen LogP contribution in [0.15, 0.2) is 18.2 Å². The van der Waals surface area contributed by atoms with Gasteiger partial charge in [0, 0.05) is 12.1 Å². The molecule has 1 rings (SSSR count). The summed E-state index contributed by atoms with van der Waals surface area (Å²) in [5.41, 5.74) is 5.46. The third-order valence-electron chi connectivity index (χ3n) is 2.67. The topological polar surface area (TPSA) is 116 Å². The normalized spacial score (nSPS) is 11.8. The van der Waals surface area contributed by atoms with E-state index < -0.39 is 27.5 Å². The summed E-state index contributed by atoms with van der Waals surface area (Å²) in [6, 6.07) is 4.49. The summed E-state index contributed by atoms with van der Waals surface area (Å²) >= 11 is 0. The van der Waals surface area contributed by atoms with Crippen molar-refractivity contribution in [3.63, 3.8) is 0 Å². The van der Waals surface area contributed by atoms with Gasteiger partial charge in [0.15, 0.2) is 0 Å². The molecule has 7 nitrogen and oxygen atoms in total. The number of benzene rings is 1. The van der Waals surface area contributed by atoms with Crippen LogP contribution in [0.3, 0.4) is 0 Å². The summed E-state index contributed by atoms with van der Waals surface area (Å²) in [5.74, 6) is -1.08. The van der Waals surface area contributed by atoms with Crippen LogP contribution in [0, 0.1) is 0 Å². The minimum atomic E-state index is -3.47. The van der Waals surface area contributed by atoms with Crippen LogP contribution in [-0.2, 0) is 26.0 Å². The SMILES string of the molecule is CC(C)(C)OC(=O)c1cc(NS(C)(=O)=O)ccc1CCC(N)=O. The average Bonchev–Trinajstić information content (AvgIpc) is 2.32. The molecule has 0 radical (unpaired) electrons. The Bertz CT molecular complexity index is 705. The van der Waals surface area contributed by atoms with Crippen LogP contribution in [0.4, 0.5) is 5.69 Å². The maximum absolute atomic E-state index is 12.3. The molecule has 3 N–H and O–H groups in total. The van der Waals surface area contributed by atoms with Gasteiger partial charge in [0.25, 0.3) is 0 Å². The van der Waals surface area contributed by atoms with E-state index in [1.54, 1.807) is 26.8 Å². The second-order valence-electron chi connectivity index (χ2n) is 6.21. The van der Waals surface area contributed by atoms with Crippen LogP contribution in [-0.4, -0.2) is 32.2 Å². The van der Waals surface area contributed by atoms with Crippen molar-refractivity contribution in [2.75, 3.05) is 11.0 Å². The third-order valence-corrected chi connectivity index (χ3v) is 3.28. The zero-order chi connectivity index (χ0) is 17.8. The van der Waals surface area contributed by atoms with Gasteiger partial charge in [0.1, 0.15) is 5.60 Å². The maximum Gasteiger partial charge on any atom is 0.339 e. The number of aryl methyl sites for hydroxylation is 1. The predicted molar refractivity (Wildman–Crippen MR) is 87.6 cm³/mol. The van der Waals surface area contributed by atoms with Crippen molar-refractivity contribution in [3.05, 3.63) is 29.3 Å². The molecule has 0 aliphatic carbocycles. The molecule has 0 aromatic heterocycles. The maximum atomic E-state index is 12.3. The van der Waals surface area contributed by atoms with E-state index in [1.165, 1.54) is 12.1 Å². The Balaban J connectivity index is 3.19. The number of carbonyl (C=O) groups excluding carboxylic acids is 2. The molecule has 0 unspecified atom stereocenters. The first-order valence-electron chi connectivity index (χ1n) is 7.00. The molecular weight excluding hydrogens is 320 g/mol. The molecule has 0 aliphatic heterocycles. The van der Waals surface area contributed by atoms with Crippen molar-refractivity contribution in [2.45, 2.75) is 39.2 Å². The number of amides is 1. The van der Waals surface area contributed by atoms with Crippen LogP contribution in [0.1, 0.15) is 43.1 Å². The second kappa shape index (κ2) is 6.99. The lowest BCUT2D eigenvalue weighted by Gasteiger charge is -2.21. The van der Waals surface area contributed by atoms with E-state index in [9.17, 15) is 18.0 Å². The molecule has 8 heteroatoms. The Morgan fingerprint density at radius 2 is 1.87 bits per heavy atom. The van der Waals surface area contributed by atoms with Crippen LogP contribution in [0.2, 0.25) is 0 Å². The molecule has 0 bridgehead atoms. The number of primary amides is 1. The number of hydrogen-bond donors (Lipinski definition) is 2. The Labute approximate surface area is 136 Å². The van der Waals surface area contributed by atoms with Gasteiger partial charge in [-0.25, -0.2) is 13.2 Å². The molecule has 0 spiro atoms. The summed E-state index contributed by atoms with van der Waals surface area (Å²) in [4.78, 5) is 23.3. The van der Waals surface area contributed by atoms with Crippen molar-refractivity contribution in [1.82, 2.24) is 0 Å². The first kappa shape index (κ1) is 19.0. The Morgan fingerprint density at radius 1 is 1.26 bits per heavy atom. The van der Waals surface area contributed by atoms with E-state index in [0.29, 0.717) is 5.56 Å². The minimum absolute atomic E-state index is 0.0780. The van der Waals surface area contributed by atoms with Gasteiger partial charge in [-0.1, -0.05) is 6.07 Å². The largest absolute Gasteiger partial charge is 0.456 e. The number of ether oxygens (including phenoxy) is 1. The van der Waals surface area contributed by atoms with Crippen LogP contribution < -0.4 is 10.5 Å². The highest BCUT2D eigenvalue weighted by atomic mass is 32.2. The lowest BCUT2D eigenvalue weighted by atomic mass is 10.0. The number of sulfonamides is 1. The van der Waals surface area contributed by atoms with Gasteiger partial charge in [0.05, 0.1) is 11.8 Å². The van der Waals surface area contributed by atoms with Crippen LogP contribution >= 0.6 is 0 Å². The van der Waals surface area contributed by atoms with Crippen molar-refractivity contribution in [1.29, 1.82) is 0 Å². The predicted octanol–water partition coefficient (Wildman–Crippen LogP) is 1.43. The monoisotopic (exact) mass is 342 g/mol. The van der Waals surface area contributed by atoms with E-state index in [-0.39, 0.29) is 24.1 Å². The molecule has 23 heavy (non-hydrogen) atoms. The fraction of sp³-hybridized carbons (Fsp3) is 0.467. The van der Waals surface area contributed by atoms with Gasteiger partial charge >= 0.3 is 5.97 Å². The van der Waals surface area contributed by atoms with E-state index in [1.807, 2.05) is 0 Å². The Kier molecular flexibility index (Phi) is 5.76. The van der Waals surface area contributed by atoms with Gasteiger partial charge in [-0.2, -0.15) is 0 Å². The molecule has 0 heterocycles. The first-order chi connectivity index (χ1) is 10.4. The lowest BCUT2D eigenvalue weighted by Crippen LogP contribution is -2.25. The number of carbonyl (C=O) groups is 2. The van der Waals surface area contributed by atoms with Gasteiger partial charge in [0.2, 0.25) is 15.9 Å². The van der Waals surface area contributed by atoms with Gasteiger partial charge < -0.3 is 10.5 Å². The van der Waals surface area contributed by atoms with Crippen LogP contribution in [0.25, 0.3) is 0 Å².